The summed E-state index contributed by atoms with van der Waals surface area (Å²) in [5, 5.41) is 18.9. The maximum atomic E-state index is 12.6. The first-order valence-electron chi connectivity index (χ1n) is 12.1. The lowest BCUT2D eigenvalue weighted by Gasteiger charge is -2.31. The third-order valence-corrected chi connectivity index (χ3v) is 6.83. The smallest absolute Gasteiger partial charge is 0.277 e. The number of likely N-dealkylation sites (tertiary alicyclic amines) is 1. The first-order valence-corrected chi connectivity index (χ1v) is 12.1. The molecule has 5 rings (SSSR count). The number of anilines is 3. The molecule has 0 bridgehead atoms. The second-order valence-electron chi connectivity index (χ2n) is 9.10. The maximum absolute atomic E-state index is 12.6. The molecule has 0 atom stereocenters. The number of nitrogens with zero attached hydrogens (tertiary/aromatic N) is 6. The Hall–Kier alpha value is -4.00. The van der Waals surface area contributed by atoms with E-state index in [0.29, 0.717) is 48.5 Å². The van der Waals surface area contributed by atoms with Gasteiger partial charge in [-0.2, -0.15) is 10.4 Å². The molecule has 2 aromatic heterocycles. The number of nitrogens with one attached hydrogen (secondary N) is 2. The molecule has 2 aliphatic rings. The van der Waals surface area contributed by atoms with Gasteiger partial charge in [0.2, 0.25) is 5.91 Å². The van der Waals surface area contributed by atoms with Gasteiger partial charge in [0.15, 0.2) is 0 Å². The van der Waals surface area contributed by atoms with Gasteiger partial charge in [0.25, 0.3) is 5.56 Å². The molecule has 0 spiro atoms. The van der Waals surface area contributed by atoms with Crippen LogP contribution in [0.15, 0.2) is 35.3 Å². The minimum absolute atomic E-state index is 0.0480. The second kappa shape index (κ2) is 10.1. The van der Waals surface area contributed by atoms with E-state index in [9.17, 15) is 9.59 Å². The van der Waals surface area contributed by atoms with Crippen molar-refractivity contribution >= 4 is 34.0 Å². The van der Waals surface area contributed by atoms with E-state index in [2.05, 4.69) is 37.5 Å². The number of benzene rings is 1. The first kappa shape index (κ1) is 22.8. The molecule has 2 N–H and O–H groups in total. The highest BCUT2D eigenvalue weighted by Crippen LogP contribution is 2.30. The van der Waals surface area contributed by atoms with Crippen molar-refractivity contribution in [2.24, 2.45) is 0 Å². The number of amides is 1. The van der Waals surface area contributed by atoms with Crippen LogP contribution in [0, 0.1) is 11.3 Å². The average Bonchev–Trinajstić information content (AvgIpc) is 2.90. The molecule has 0 radical (unpaired) electrons. The van der Waals surface area contributed by atoms with E-state index in [-0.39, 0.29) is 23.8 Å². The molecule has 35 heavy (non-hydrogen) atoms. The fourth-order valence-corrected chi connectivity index (χ4v) is 4.91. The number of carbonyl (C=O) groups is 1. The van der Waals surface area contributed by atoms with Crippen molar-refractivity contribution in [3.05, 3.63) is 46.6 Å². The van der Waals surface area contributed by atoms with Crippen LogP contribution in [0.2, 0.25) is 0 Å². The molecule has 10 heteroatoms. The highest BCUT2D eigenvalue weighted by Gasteiger charge is 2.26. The van der Waals surface area contributed by atoms with Crippen molar-refractivity contribution in [2.75, 3.05) is 36.4 Å². The molecular formula is C25H28N8O2. The lowest BCUT2D eigenvalue weighted by molar-refractivity contribution is -0.131. The van der Waals surface area contributed by atoms with Crippen LogP contribution < -0.4 is 15.8 Å². The highest BCUT2D eigenvalue weighted by atomic mass is 16.2. The molecule has 1 aromatic carbocycles. The van der Waals surface area contributed by atoms with Gasteiger partial charge in [0.1, 0.15) is 29.0 Å². The number of piperidine rings is 2. The Morgan fingerprint density at radius 3 is 2.54 bits per heavy atom. The molecule has 2 aliphatic heterocycles. The third kappa shape index (κ3) is 4.94. The van der Waals surface area contributed by atoms with E-state index in [1.807, 2.05) is 18.2 Å². The van der Waals surface area contributed by atoms with Gasteiger partial charge in [0.05, 0.1) is 12.3 Å². The predicted molar refractivity (Wildman–Crippen MR) is 133 cm³/mol. The topological polar surface area (TPSA) is 131 Å². The van der Waals surface area contributed by atoms with E-state index < -0.39 is 0 Å². The van der Waals surface area contributed by atoms with Crippen LogP contribution in [0.4, 0.5) is 17.2 Å². The van der Waals surface area contributed by atoms with E-state index in [1.165, 1.54) is 31.1 Å². The summed E-state index contributed by atoms with van der Waals surface area (Å²) < 4.78 is 0. The van der Waals surface area contributed by atoms with Crippen LogP contribution in [0.1, 0.15) is 50.3 Å². The van der Waals surface area contributed by atoms with Gasteiger partial charge in [-0.3, -0.25) is 9.59 Å². The van der Waals surface area contributed by atoms with Crippen LogP contribution in [0.25, 0.3) is 10.9 Å². The summed E-state index contributed by atoms with van der Waals surface area (Å²) in [4.78, 5) is 38.2. The van der Waals surface area contributed by atoms with Gasteiger partial charge >= 0.3 is 0 Å². The third-order valence-electron chi connectivity index (χ3n) is 6.83. The Morgan fingerprint density at radius 2 is 1.83 bits per heavy atom. The fraction of sp³-hybridized carbons (Fsp3) is 0.440. The van der Waals surface area contributed by atoms with Gasteiger partial charge in [-0.25, -0.2) is 15.1 Å². The minimum Gasteiger partial charge on any atom is -0.372 e. The summed E-state index contributed by atoms with van der Waals surface area (Å²) >= 11 is 0. The zero-order valence-electron chi connectivity index (χ0n) is 19.5. The number of hydrogen-bond acceptors (Lipinski definition) is 8. The number of rotatable bonds is 5. The van der Waals surface area contributed by atoms with Crippen molar-refractivity contribution in [2.45, 2.75) is 44.4 Å². The predicted octanol–water partition coefficient (Wildman–Crippen LogP) is 3.07. The summed E-state index contributed by atoms with van der Waals surface area (Å²) in [6.45, 7) is 3.27. The summed E-state index contributed by atoms with van der Waals surface area (Å²) in [5.74, 6) is 0.982. The number of nitriles is 1. The Kier molecular flexibility index (Phi) is 6.57. The largest absolute Gasteiger partial charge is 0.372 e. The van der Waals surface area contributed by atoms with Crippen molar-refractivity contribution in [3.63, 3.8) is 0 Å². The van der Waals surface area contributed by atoms with E-state index in [4.69, 9.17) is 10.2 Å². The molecular weight excluding hydrogens is 444 g/mol. The summed E-state index contributed by atoms with van der Waals surface area (Å²) in [6.07, 6.45) is 6.56. The van der Waals surface area contributed by atoms with Gasteiger partial charge in [-0.15, -0.1) is 0 Å². The van der Waals surface area contributed by atoms with E-state index in [0.717, 1.165) is 18.8 Å². The lowest BCUT2D eigenvalue weighted by Crippen LogP contribution is -2.38. The van der Waals surface area contributed by atoms with Crippen molar-refractivity contribution < 1.29 is 4.79 Å². The number of aromatic amines is 1. The van der Waals surface area contributed by atoms with Crippen molar-refractivity contribution in [3.8, 4) is 6.07 Å². The summed E-state index contributed by atoms with van der Waals surface area (Å²) in [5.41, 5.74) is 2.17. The zero-order valence-corrected chi connectivity index (χ0v) is 19.5. The summed E-state index contributed by atoms with van der Waals surface area (Å²) in [6, 6.07) is 10.1. The Morgan fingerprint density at radius 1 is 1.09 bits per heavy atom. The van der Waals surface area contributed by atoms with E-state index in [1.54, 1.807) is 4.90 Å². The molecule has 2 fully saturated rings. The average molecular weight is 473 g/mol. The van der Waals surface area contributed by atoms with Crippen LogP contribution in [0.5, 0.6) is 0 Å². The lowest BCUT2D eigenvalue weighted by atomic mass is 9.95. The quantitative estimate of drug-likeness (QED) is 0.579. The number of hydrogen-bond donors (Lipinski definition) is 2. The van der Waals surface area contributed by atoms with E-state index >= 15 is 0 Å². The first-order chi connectivity index (χ1) is 17.1. The number of aromatic nitrogens is 4. The number of fused-ring (bicyclic) bond motifs is 1. The molecule has 0 unspecified atom stereocenters. The molecule has 0 saturated carbocycles. The van der Waals surface area contributed by atoms with Crippen molar-refractivity contribution in [1.82, 2.24) is 25.1 Å². The SMILES string of the molecule is N#CCC(=O)N1CCC(c2nc(Nc3ccc(N4CCCCC4)cc3)c3c(=O)[nH]ncc3n2)CC1. The van der Waals surface area contributed by atoms with Gasteiger partial charge in [-0.05, 0) is 56.4 Å². The molecule has 10 nitrogen and oxygen atoms in total. The summed E-state index contributed by atoms with van der Waals surface area (Å²) in [7, 11) is 0. The standard InChI is InChI=1S/C25H28N8O2/c26-11-8-21(34)33-14-9-17(10-15-33)23-29-20-16-27-31-25(35)22(20)24(30-23)28-18-4-6-19(7-5-18)32-12-2-1-3-13-32/h4-7,16-17H,1-3,8-10,12-15H2,(H,31,35)(H,28,29,30). The Labute approximate surface area is 203 Å². The molecule has 3 aromatic rings. The van der Waals surface area contributed by atoms with Gasteiger partial charge in [0, 0.05) is 43.5 Å². The number of carbonyl (C=O) groups excluding carboxylic acids is 1. The van der Waals surface area contributed by atoms with Crippen LogP contribution in [0.3, 0.4) is 0 Å². The van der Waals surface area contributed by atoms with Crippen molar-refractivity contribution in [1.29, 1.82) is 5.26 Å². The normalized spacial score (nSPS) is 16.8. The monoisotopic (exact) mass is 472 g/mol. The molecule has 1 amide bonds. The molecule has 180 valence electrons. The second-order valence-corrected chi connectivity index (χ2v) is 9.10. The minimum atomic E-state index is -0.349. The van der Waals surface area contributed by atoms with Gasteiger partial charge < -0.3 is 15.1 Å². The van der Waals surface area contributed by atoms with Crippen LogP contribution in [-0.2, 0) is 4.79 Å². The van der Waals surface area contributed by atoms with Crippen LogP contribution in [-0.4, -0.2) is 57.2 Å². The van der Waals surface area contributed by atoms with Gasteiger partial charge in [-0.1, -0.05) is 0 Å². The van der Waals surface area contributed by atoms with Crippen LogP contribution >= 0.6 is 0 Å². The number of H-pyrrole nitrogens is 1. The zero-order chi connectivity index (χ0) is 24.2. The molecule has 0 aliphatic carbocycles. The fourth-order valence-electron chi connectivity index (χ4n) is 4.91. The molecule has 4 heterocycles. The highest BCUT2D eigenvalue weighted by molar-refractivity contribution is 5.89. The Balaban J connectivity index is 1.39. The Bertz CT molecular complexity index is 1300. The molecule has 2 saturated heterocycles. The maximum Gasteiger partial charge on any atom is 0.277 e.